The van der Waals surface area contributed by atoms with Crippen molar-refractivity contribution in [1.82, 2.24) is 5.32 Å². The SMILES string of the molecule is O=C1CCN(c2ccc(Cl)cc2)C(=O)CN1. The first-order valence-corrected chi connectivity index (χ1v) is 5.37. The van der Waals surface area contributed by atoms with E-state index in [1.165, 1.54) is 0 Å². The second kappa shape index (κ2) is 4.53. The van der Waals surface area contributed by atoms with E-state index in [9.17, 15) is 9.59 Å². The zero-order valence-corrected chi connectivity index (χ0v) is 9.33. The van der Waals surface area contributed by atoms with Crippen LogP contribution in [0, 0.1) is 0 Å². The van der Waals surface area contributed by atoms with Crippen LogP contribution >= 0.6 is 11.6 Å². The van der Waals surface area contributed by atoms with Crippen LogP contribution in [0.25, 0.3) is 0 Å². The Hall–Kier alpha value is -1.55. The summed E-state index contributed by atoms with van der Waals surface area (Å²) in [4.78, 5) is 24.5. The summed E-state index contributed by atoms with van der Waals surface area (Å²) in [5.41, 5.74) is 0.769. The highest BCUT2D eigenvalue weighted by molar-refractivity contribution is 6.30. The van der Waals surface area contributed by atoms with Gasteiger partial charge < -0.3 is 10.2 Å². The molecule has 1 aromatic carbocycles. The Bertz CT molecular complexity index is 416. The van der Waals surface area contributed by atoms with Crippen LogP contribution in [-0.2, 0) is 9.59 Å². The molecule has 1 fully saturated rings. The molecule has 0 unspecified atom stereocenters. The number of benzene rings is 1. The molecule has 0 bridgehead atoms. The summed E-state index contributed by atoms with van der Waals surface area (Å²) in [6, 6.07) is 7.00. The summed E-state index contributed by atoms with van der Waals surface area (Å²) in [7, 11) is 0. The first kappa shape index (κ1) is 11.0. The Morgan fingerprint density at radius 1 is 1.19 bits per heavy atom. The van der Waals surface area contributed by atoms with E-state index in [1.54, 1.807) is 29.2 Å². The van der Waals surface area contributed by atoms with Gasteiger partial charge in [0, 0.05) is 23.7 Å². The highest BCUT2D eigenvalue weighted by atomic mass is 35.5. The van der Waals surface area contributed by atoms with Gasteiger partial charge in [-0.05, 0) is 24.3 Å². The van der Waals surface area contributed by atoms with E-state index >= 15 is 0 Å². The van der Waals surface area contributed by atoms with E-state index in [-0.39, 0.29) is 18.4 Å². The summed E-state index contributed by atoms with van der Waals surface area (Å²) in [6.45, 7) is 0.466. The second-order valence-electron chi connectivity index (χ2n) is 3.55. The number of anilines is 1. The van der Waals surface area contributed by atoms with Gasteiger partial charge in [-0.3, -0.25) is 9.59 Å². The number of amides is 2. The molecule has 0 saturated carbocycles. The number of carbonyl (C=O) groups excluding carboxylic acids is 2. The zero-order valence-electron chi connectivity index (χ0n) is 8.57. The van der Waals surface area contributed by atoms with Crippen LogP contribution in [0.1, 0.15) is 6.42 Å². The Labute approximate surface area is 98.2 Å². The van der Waals surface area contributed by atoms with Gasteiger partial charge in [-0.25, -0.2) is 0 Å². The molecule has 5 heteroatoms. The van der Waals surface area contributed by atoms with Crippen molar-refractivity contribution in [2.24, 2.45) is 0 Å². The molecule has 16 heavy (non-hydrogen) atoms. The number of nitrogens with zero attached hydrogens (tertiary/aromatic N) is 1. The summed E-state index contributed by atoms with van der Waals surface area (Å²) < 4.78 is 0. The van der Waals surface area contributed by atoms with Crippen molar-refractivity contribution in [2.45, 2.75) is 6.42 Å². The smallest absolute Gasteiger partial charge is 0.246 e. The average Bonchev–Trinajstić information content (AvgIpc) is 2.44. The molecule has 4 nitrogen and oxygen atoms in total. The van der Waals surface area contributed by atoms with Gasteiger partial charge in [-0.2, -0.15) is 0 Å². The van der Waals surface area contributed by atoms with Crippen molar-refractivity contribution < 1.29 is 9.59 Å². The minimum atomic E-state index is -0.104. The molecule has 0 atom stereocenters. The monoisotopic (exact) mass is 238 g/mol. The van der Waals surface area contributed by atoms with Gasteiger partial charge in [0.25, 0.3) is 0 Å². The van der Waals surface area contributed by atoms with Crippen LogP contribution in [-0.4, -0.2) is 24.9 Å². The maximum atomic E-state index is 11.7. The molecule has 1 aliphatic rings. The third kappa shape index (κ3) is 2.33. The van der Waals surface area contributed by atoms with Crippen molar-refractivity contribution in [3.05, 3.63) is 29.3 Å². The van der Waals surface area contributed by atoms with Crippen LogP contribution in [0.3, 0.4) is 0 Å². The van der Waals surface area contributed by atoms with E-state index in [2.05, 4.69) is 5.32 Å². The number of hydrogen-bond donors (Lipinski definition) is 1. The van der Waals surface area contributed by atoms with Gasteiger partial charge >= 0.3 is 0 Å². The quantitative estimate of drug-likeness (QED) is 0.799. The number of carbonyl (C=O) groups is 2. The highest BCUT2D eigenvalue weighted by Crippen LogP contribution is 2.19. The van der Waals surface area contributed by atoms with E-state index in [0.29, 0.717) is 18.0 Å². The predicted octanol–water partition coefficient (Wildman–Crippen LogP) is 1.19. The van der Waals surface area contributed by atoms with E-state index < -0.39 is 0 Å². The lowest BCUT2D eigenvalue weighted by Crippen LogP contribution is -2.35. The molecule has 1 aliphatic heterocycles. The molecule has 0 aromatic heterocycles. The van der Waals surface area contributed by atoms with Crippen LogP contribution in [0.5, 0.6) is 0 Å². The third-order valence-corrected chi connectivity index (χ3v) is 2.69. The third-order valence-electron chi connectivity index (χ3n) is 2.44. The topological polar surface area (TPSA) is 49.4 Å². The normalized spacial score (nSPS) is 16.9. The lowest BCUT2D eigenvalue weighted by molar-refractivity contribution is -0.123. The number of rotatable bonds is 1. The molecule has 1 saturated heterocycles. The summed E-state index contributed by atoms with van der Waals surface area (Å²) >= 11 is 5.77. The molecule has 1 N–H and O–H groups in total. The molecule has 0 aliphatic carbocycles. The predicted molar refractivity (Wildman–Crippen MR) is 61.4 cm³/mol. The molecular weight excluding hydrogens is 228 g/mol. The van der Waals surface area contributed by atoms with Gasteiger partial charge in [0.1, 0.15) is 0 Å². The van der Waals surface area contributed by atoms with Gasteiger partial charge in [-0.15, -0.1) is 0 Å². The van der Waals surface area contributed by atoms with Gasteiger partial charge in [0.15, 0.2) is 0 Å². The van der Waals surface area contributed by atoms with E-state index in [1.807, 2.05) is 0 Å². The lowest BCUT2D eigenvalue weighted by Gasteiger charge is -2.19. The summed E-state index contributed by atoms with van der Waals surface area (Å²) in [5.74, 6) is -0.196. The van der Waals surface area contributed by atoms with E-state index in [4.69, 9.17) is 11.6 Å². The van der Waals surface area contributed by atoms with Crippen LogP contribution in [0.2, 0.25) is 5.02 Å². The summed E-state index contributed by atoms with van der Waals surface area (Å²) in [6.07, 6.45) is 0.328. The first-order valence-electron chi connectivity index (χ1n) is 4.99. The Morgan fingerprint density at radius 3 is 2.56 bits per heavy atom. The number of nitrogens with one attached hydrogen (secondary N) is 1. The fourth-order valence-corrected chi connectivity index (χ4v) is 1.72. The molecular formula is C11H11ClN2O2. The van der Waals surface area contributed by atoms with Crippen LogP contribution < -0.4 is 10.2 Å². The Kier molecular flexibility index (Phi) is 3.10. The maximum Gasteiger partial charge on any atom is 0.246 e. The zero-order chi connectivity index (χ0) is 11.5. The van der Waals surface area contributed by atoms with Crippen molar-refractivity contribution in [1.29, 1.82) is 0 Å². The Balaban J connectivity index is 2.21. The molecule has 0 spiro atoms. The molecule has 1 heterocycles. The second-order valence-corrected chi connectivity index (χ2v) is 3.98. The van der Waals surface area contributed by atoms with Gasteiger partial charge in [-0.1, -0.05) is 11.6 Å². The molecule has 1 aromatic rings. The first-order chi connectivity index (χ1) is 7.66. The fourth-order valence-electron chi connectivity index (χ4n) is 1.59. The minimum absolute atomic E-state index is 0.0570. The van der Waals surface area contributed by atoms with Crippen molar-refractivity contribution in [2.75, 3.05) is 18.0 Å². The van der Waals surface area contributed by atoms with Crippen molar-refractivity contribution >= 4 is 29.1 Å². The van der Waals surface area contributed by atoms with Crippen molar-refractivity contribution in [3.63, 3.8) is 0 Å². The average molecular weight is 239 g/mol. The summed E-state index contributed by atoms with van der Waals surface area (Å²) in [5, 5.41) is 3.17. The molecule has 2 rings (SSSR count). The van der Waals surface area contributed by atoms with Crippen LogP contribution in [0.4, 0.5) is 5.69 Å². The lowest BCUT2D eigenvalue weighted by atomic mass is 10.2. The fraction of sp³-hybridized carbons (Fsp3) is 0.273. The molecule has 0 radical (unpaired) electrons. The molecule has 2 amide bonds. The largest absolute Gasteiger partial charge is 0.347 e. The number of hydrogen-bond acceptors (Lipinski definition) is 2. The van der Waals surface area contributed by atoms with Crippen LogP contribution in [0.15, 0.2) is 24.3 Å². The van der Waals surface area contributed by atoms with Crippen molar-refractivity contribution in [3.8, 4) is 0 Å². The maximum absolute atomic E-state index is 11.7. The van der Waals surface area contributed by atoms with Gasteiger partial charge in [0.2, 0.25) is 11.8 Å². The Morgan fingerprint density at radius 2 is 1.88 bits per heavy atom. The molecule has 84 valence electrons. The highest BCUT2D eigenvalue weighted by Gasteiger charge is 2.20. The van der Waals surface area contributed by atoms with Gasteiger partial charge in [0.05, 0.1) is 6.54 Å². The standard InChI is InChI=1S/C11H11ClN2O2/c12-8-1-3-9(4-2-8)14-6-5-10(15)13-7-11(14)16/h1-4H,5-7H2,(H,13,15). The number of halogens is 1. The van der Waals surface area contributed by atoms with E-state index in [0.717, 1.165) is 5.69 Å². The minimum Gasteiger partial charge on any atom is -0.347 e.